The first kappa shape index (κ1) is 11.7. The molecule has 1 aliphatic carbocycles. The number of ether oxygens (including phenoxy) is 1. The van der Waals surface area contributed by atoms with E-state index in [2.05, 4.69) is 29.6 Å². The van der Waals surface area contributed by atoms with Crippen LogP contribution in [-0.2, 0) is 16.0 Å². The highest BCUT2D eigenvalue weighted by Crippen LogP contribution is 2.29. The van der Waals surface area contributed by atoms with Gasteiger partial charge in [0, 0.05) is 6.61 Å². The first-order valence-corrected chi connectivity index (χ1v) is 6.84. The number of amides is 1. The zero-order valence-corrected chi connectivity index (χ0v) is 10.5. The molecule has 0 spiro atoms. The molecule has 1 aromatic rings. The minimum absolute atomic E-state index is 0.0641. The van der Waals surface area contributed by atoms with E-state index in [-0.39, 0.29) is 18.1 Å². The Hall–Kier alpha value is -1.35. The lowest BCUT2D eigenvalue weighted by Crippen LogP contribution is -2.38. The van der Waals surface area contributed by atoms with Crippen molar-refractivity contribution >= 4 is 5.91 Å². The zero-order chi connectivity index (χ0) is 12.4. The van der Waals surface area contributed by atoms with Gasteiger partial charge in [-0.2, -0.15) is 0 Å². The number of nitrogens with one attached hydrogen (secondary N) is 1. The van der Waals surface area contributed by atoms with E-state index in [0.29, 0.717) is 0 Å². The van der Waals surface area contributed by atoms with E-state index in [1.165, 1.54) is 11.1 Å². The molecule has 0 aromatic heterocycles. The molecule has 96 valence electrons. The second-order valence-corrected chi connectivity index (χ2v) is 5.15. The third-order valence-electron chi connectivity index (χ3n) is 3.91. The maximum atomic E-state index is 12.1. The van der Waals surface area contributed by atoms with E-state index in [9.17, 15) is 4.79 Å². The van der Waals surface area contributed by atoms with E-state index < -0.39 is 0 Å². The highest BCUT2D eigenvalue weighted by atomic mass is 16.5. The van der Waals surface area contributed by atoms with Crippen LogP contribution in [0.15, 0.2) is 24.3 Å². The topological polar surface area (TPSA) is 38.3 Å². The van der Waals surface area contributed by atoms with Crippen LogP contribution in [-0.4, -0.2) is 18.6 Å². The number of carbonyl (C=O) groups excluding carboxylic acids is 1. The molecule has 1 saturated heterocycles. The van der Waals surface area contributed by atoms with E-state index in [1.54, 1.807) is 0 Å². The highest BCUT2D eigenvalue weighted by Gasteiger charge is 2.27. The lowest BCUT2D eigenvalue weighted by Gasteiger charge is -2.27. The molecule has 0 bridgehead atoms. The van der Waals surface area contributed by atoms with Crippen molar-refractivity contribution < 1.29 is 9.53 Å². The van der Waals surface area contributed by atoms with Gasteiger partial charge in [0.2, 0.25) is 5.91 Å². The Labute approximate surface area is 108 Å². The van der Waals surface area contributed by atoms with Gasteiger partial charge in [0.15, 0.2) is 0 Å². The molecule has 2 atom stereocenters. The maximum Gasteiger partial charge on any atom is 0.249 e. The number of carbonyl (C=O) groups is 1. The van der Waals surface area contributed by atoms with Crippen molar-refractivity contribution in [3.05, 3.63) is 35.4 Å². The molecule has 3 heteroatoms. The average molecular weight is 245 g/mol. The van der Waals surface area contributed by atoms with Crippen molar-refractivity contribution in [1.29, 1.82) is 0 Å². The van der Waals surface area contributed by atoms with E-state index >= 15 is 0 Å². The summed E-state index contributed by atoms with van der Waals surface area (Å²) >= 11 is 0. The smallest absolute Gasteiger partial charge is 0.249 e. The Morgan fingerprint density at radius 1 is 1.22 bits per heavy atom. The van der Waals surface area contributed by atoms with Gasteiger partial charge in [-0.3, -0.25) is 4.79 Å². The molecule has 0 radical (unpaired) electrons. The van der Waals surface area contributed by atoms with Crippen molar-refractivity contribution in [1.82, 2.24) is 5.32 Å². The normalized spacial score (nSPS) is 26.7. The molecular formula is C15H19NO2. The standard InChI is InChI=1S/C15H19NO2/c17-15(14-9-4-10-18-14)16-13-8-3-6-11-5-1-2-7-12(11)13/h1-2,5,7,13-14H,3-4,6,8-10H2,(H,16,17)/t13-,14+/m1/s1. The summed E-state index contributed by atoms with van der Waals surface area (Å²) in [7, 11) is 0. The van der Waals surface area contributed by atoms with Crippen LogP contribution >= 0.6 is 0 Å². The summed E-state index contributed by atoms with van der Waals surface area (Å²) in [4.78, 5) is 12.1. The van der Waals surface area contributed by atoms with Crippen LogP contribution in [0.25, 0.3) is 0 Å². The van der Waals surface area contributed by atoms with Crippen LogP contribution in [0.2, 0.25) is 0 Å². The largest absolute Gasteiger partial charge is 0.368 e. The first-order valence-electron chi connectivity index (χ1n) is 6.84. The van der Waals surface area contributed by atoms with Crippen molar-refractivity contribution in [2.45, 2.75) is 44.2 Å². The van der Waals surface area contributed by atoms with E-state index in [1.807, 2.05) is 0 Å². The minimum Gasteiger partial charge on any atom is -0.368 e. The molecule has 1 aliphatic heterocycles. The molecule has 1 amide bonds. The summed E-state index contributed by atoms with van der Waals surface area (Å²) in [5, 5.41) is 3.15. The van der Waals surface area contributed by atoms with Crippen molar-refractivity contribution in [3.8, 4) is 0 Å². The summed E-state index contributed by atoms with van der Waals surface area (Å²) in [5.41, 5.74) is 2.66. The second-order valence-electron chi connectivity index (χ2n) is 5.15. The molecule has 0 unspecified atom stereocenters. The zero-order valence-electron chi connectivity index (χ0n) is 10.5. The van der Waals surface area contributed by atoms with Crippen LogP contribution in [0, 0.1) is 0 Å². The van der Waals surface area contributed by atoms with Gasteiger partial charge in [0.05, 0.1) is 6.04 Å². The van der Waals surface area contributed by atoms with Gasteiger partial charge < -0.3 is 10.1 Å². The molecular weight excluding hydrogens is 226 g/mol. The van der Waals surface area contributed by atoms with Crippen LogP contribution in [0.3, 0.4) is 0 Å². The summed E-state index contributed by atoms with van der Waals surface area (Å²) in [6, 6.07) is 8.60. The maximum absolute atomic E-state index is 12.1. The van der Waals surface area contributed by atoms with Crippen LogP contribution < -0.4 is 5.32 Å². The third kappa shape index (κ3) is 2.27. The number of benzene rings is 1. The summed E-state index contributed by atoms with van der Waals surface area (Å²) in [5.74, 6) is 0.0641. The van der Waals surface area contributed by atoms with Crippen molar-refractivity contribution in [2.75, 3.05) is 6.61 Å². The Morgan fingerprint density at radius 3 is 2.94 bits per heavy atom. The predicted molar refractivity (Wildman–Crippen MR) is 69.2 cm³/mol. The van der Waals surface area contributed by atoms with Gasteiger partial charge in [-0.15, -0.1) is 0 Å². The number of rotatable bonds is 2. The number of hydrogen-bond donors (Lipinski definition) is 1. The lowest BCUT2D eigenvalue weighted by atomic mass is 9.87. The molecule has 3 nitrogen and oxygen atoms in total. The van der Waals surface area contributed by atoms with Crippen molar-refractivity contribution in [3.63, 3.8) is 0 Å². The molecule has 0 saturated carbocycles. The number of hydrogen-bond acceptors (Lipinski definition) is 2. The Bertz CT molecular complexity index is 438. The summed E-state index contributed by atoms with van der Waals surface area (Å²) in [6.07, 6.45) is 4.95. The van der Waals surface area contributed by atoms with Gasteiger partial charge in [-0.1, -0.05) is 24.3 Å². The van der Waals surface area contributed by atoms with Crippen LogP contribution in [0.5, 0.6) is 0 Å². The fourth-order valence-electron chi connectivity index (χ4n) is 2.95. The molecule has 3 rings (SSSR count). The van der Waals surface area contributed by atoms with E-state index in [0.717, 1.165) is 38.7 Å². The van der Waals surface area contributed by atoms with Gasteiger partial charge in [0.1, 0.15) is 6.10 Å². The fourth-order valence-corrected chi connectivity index (χ4v) is 2.95. The Balaban J connectivity index is 1.72. The summed E-state index contributed by atoms with van der Waals surface area (Å²) in [6.45, 7) is 0.722. The number of aryl methyl sites for hydroxylation is 1. The third-order valence-corrected chi connectivity index (χ3v) is 3.91. The predicted octanol–water partition coefficient (Wildman–Crippen LogP) is 2.36. The molecule has 1 heterocycles. The van der Waals surface area contributed by atoms with Crippen LogP contribution in [0.1, 0.15) is 42.9 Å². The molecule has 1 aromatic carbocycles. The monoisotopic (exact) mass is 245 g/mol. The number of fused-ring (bicyclic) bond motifs is 1. The SMILES string of the molecule is O=C(N[C@@H]1CCCc2ccccc21)[C@@H]1CCCO1. The van der Waals surface area contributed by atoms with Crippen molar-refractivity contribution in [2.24, 2.45) is 0 Å². The molecule has 2 aliphatic rings. The summed E-state index contributed by atoms with van der Waals surface area (Å²) < 4.78 is 5.43. The van der Waals surface area contributed by atoms with Crippen LogP contribution in [0.4, 0.5) is 0 Å². The lowest BCUT2D eigenvalue weighted by molar-refractivity contribution is -0.130. The second kappa shape index (κ2) is 5.11. The quantitative estimate of drug-likeness (QED) is 0.868. The molecule has 1 fully saturated rings. The van der Waals surface area contributed by atoms with Gasteiger partial charge in [-0.05, 0) is 43.2 Å². The first-order chi connectivity index (χ1) is 8.84. The fraction of sp³-hybridized carbons (Fsp3) is 0.533. The highest BCUT2D eigenvalue weighted by molar-refractivity contribution is 5.81. The molecule has 18 heavy (non-hydrogen) atoms. The average Bonchev–Trinajstić information content (AvgIpc) is 2.93. The Morgan fingerprint density at radius 2 is 2.11 bits per heavy atom. The van der Waals surface area contributed by atoms with Gasteiger partial charge in [0.25, 0.3) is 0 Å². The Kier molecular flexibility index (Phi) is 3.33. The van der Waals surface area contributed by atoms with Gasteiger partial charge in [-0.25, -0.2) is 0 Å². The minimum atomic E-state index is -0.223. The molecule has 1 N–H and O–H groups in total. The van der Waals surface area contributed by atoms with E-state index in [4.69, 9.17) is 4.74 Å². The van der Waals surface area contributed by atoms with Gasteiger partial charge >= 0.3 is 0 Å².